The molecule has 0 unspecified atom stereocenters. The number of H-pyrrole nitrogens is 1. The van der Waals surface area contributed by atoms with Crippen molar-refractivity contribution < 1.29 is 0 Å². The molecule has 7 heteroatoms. The van der Waals surface area contributed by atoms with E-state index in [9.17, 15) is 4.79 Å². The lowest BCUT2D eigenvalue weighted by Crippen LogP contribution is -2.14. The Bertz CT molecular complexity index is 730. The molecule has 0 bridgehead atoms. The minimum atomic E-state index is -0.257. The van der Waals surface area contributed by atoms with Gasteiger partial charge in [-0.15, -0.1) is 0 Å². The molecule has 2 heterocycles. The van der Waals surface area contributed by atoms with Crippen LogP contribution in [0.4, 0.5) is 5.69 Å². The van der Waals surface area contributed by atoms with Crippen molar-refractivity contribution in [1.82, 2.24) is 24.7 Å². The first-order valence-corrected chi connectivity index (χ1v) is 4.88. The summed E-state index contributed by atoms with van der Waals surface area (Å²) in [4.78, 5) is 22.5. The zero-order chi connectivity index (χ0) is 11.8. The number of nitrogens with one attached hydrogen (secondary N) is 1. The van der Waals surface area contributed by atoms with E-state index in [2.05, 4.69) is 20.1 Å². The molecular weight excluding hydrogens is 220 g/mol. The van der Waals surface area contributed by atoms with Crippen LogP contribution < -0.4 is 11.3 Å². The van der Waals surface area contributed by atoms with Crippen LogP contribution in [0.3, 0.4) is 0 Å². The molecule has 1 aromatic carbocycles. The zero-order valence-corrected chi connectivity index (χ0v) is 8.66. The second kappa shape index (κ2) is 3.41. The third-order valence-corrected chi connectivity index (χ3v) is 2.35. The first-order chi connectivity index (χ1) is 8.24. The van der Waals surface area contributed by atoms with Gasteiger partial charge in [-0.2, -0.15) is 9.78 Å². The smallest absolute Gasteiger partial charge is 0.260 e. The van der Waals surface area contributed by atoms with Crippen LogP contribution in [0.25, 0.3) is 16.9 Å². The molecule has 0 fully saturated rings. The van der Waals surface area contributed by atoms with E-state index in [0.717, 1.165) is 0 Å². The van der Waals surface area contributed by atoms with Crippen molar-refractivity contribution in [2.24, 2.45) is 0 Å². The summed E-state index contributed by atoms with van der Waals surface area (Å²) in [5.41, 5.74) is 6.45. The maximum Gasteiger partial charge on any atom is 0.260 e. The number of hydrogen-bond acceptors (Lipinski definition) is 5. The fourth-order valence-electron chi connectivity index (χ4n) is 1.57. The van der Waals surface area contributed by atoms with Crippen molar-refractivity contribution in [3.63, 3.8) is 0 Å². The third kappa shape index (κ3) is 1.53. The largest absolute Gasteiger partial charge is 0.399 e. The molecule has 0 aliphatic rings. The molecule has 0 aliphatic carbocycles. The first-order valence-electron chi connectivity index (χ1n) is 4.88. The number of nitrogen functional groups attached to an aromatic ring is 1. The minimum absolute atomic E-state index is 0.257. The Morgan fingerprint density at radius 1 is 1.35 bits per heavy atom. The average Bonchev–Trinajstić information content (AvgIpc) is 2.83. The topological polar surface area (TPSA) is 102 Å². The van der Waals surface area contributed by atoms with E-state index in [1.165, 1.54) is 17.3 Å². The average molecular weight is 228 g/mol. The SMILES string of the molecule is Nc1ccc2nc(-n3cncn3)[nH]c(=O)c2c1. The Morgan fingerprint density at radius 2 is 2.24 bits per heavy atom. The van der Waals surface area contributed by atoms with E-state index in [0.29, 0.717) is 22.5 Å². The van der Waals surface area contributed by atoms with Gasteiger partial charge in [0, 0.05) is 5.69 Å². The Hall–Kier alpha value is -2.70. The molecule has 7 nitrogen and oxygen atoms in total. The van der Waals surface area contributed by atoms with E-state index in [1.54, 1.807) is 18.2 Å². The summed E-state index contributed by atoms with van der Waals surface area (Å²) in [7, 11) is 0. The lowest BCUT2D eigenvalue weighted by Gasteiger charge is -2.02. The van der Waals surface area contributed by atoms with Gasteiger partial charge >= 0.3 is 0 Å². The number of aromatic amines is 1. The maximum absolute atomic E-state index is 11.8. The number of nitrogens with two attached hydrogens (primary N) is 1. The fourth-order valence-corrected chi connectivity index (χ4v) is 1.57. The highest BCUT2D eigenvalue weighted by Gasteiger charge is 2.05. The first kappa shape index (κ1) is 9.52. The lowest BCUT2D eigenvalue weighted by atomic mass is 10.2. The standard InChI is InChI=1S/C10H8N6O/c11-6-1-2-8-7(3-6)9(17)15-10(14-8)16-5-12-4-13-16/h1-5H,11H2,(H,14,15,17). The third-order valence-electron chi connectivity index (χ3n) is 2.35. The molecule has 0 atom stereocenters. The van der Waals surface area contributed by atoms with E-state index in [-0.39, 0.29) is 5.56 Å². The van der Waals surface area contributed by atoms with Gasteiger partial charge in [0.15, 0.2) is 0 Å². The molecule has 0 saturated carbocycles. The van der Waals surface area contributed by atoms with Crippen LogP contribution in [-0.4, -0.2) is 24.7 Å². The molecule has 0 amide bonds. The monoisotopic (exact) mass is 228 g/mol. The molecule has 3 N–H and O–H groups in total. The summed E-state index contributed by atoms with van der Waals surface area (Å²) < 4.78 is 1.39. The van der Waals surface area contributed by atoms with Gasteiger partial charge in [0.1, 0.15) is 12.7 Å². The summed E-state index contributed by atoms with van der Waals surface area (Å²) >= 11 is 0. The number of hydrogen-bond donors (Lipinski definition) is 2. The lowest BCUT2D eigenvalue weighted by molar-refractivity contribution is 0.808. The predicted molar refractivity (Wildman–Crippen MR) is 61.7 cm³/mol. The van der Waals surface area contributed by atoms with E-state index >= 15 is 0 Å². The van der Waals surface area contributed by atoms with Gasteiger partial charge in [0.2, 0.25) is 5.95 Å². The molecule has 17 heavy (non-hydrogen) atoms. The number of nitrogens with zero attached hydrogens (tertiary/aromatic N) is 4. The second-order valence-corrected chi connectivity index (χ2v) is 3.51. The van der Waals surface area contributed by atoms with Gasteiger partial charge in [-0.25, -0.2) is 9.97 Å². The van der Waals surface area contributed by atoms with Gasteiger partial charge in [-0.1, -0.05) is 0 Å². The van der Waals surface area contributed by atoms with Gasteiger partial charge in [0.25, 0.3) is 5.56 Å². The van der Waals surface area contributed by atoms with E-state index in [1.807, 2.05) is 0 Å². The molecule has 0 spiro atoms. The molecular formula is C10H8N6O. The number of fused-ring (bicyclic) bond motifs is 1. The molecule has 0 saturated heterocycles. The fraction of sp³-hybridized carbons (Fsp3) is 0. The molecule has 3 rings (SSSR count). The molecule has 84 valence electrons. The van der Waals surface area contributed by atoms with Gasteiger partial charge in [-0.3, -0.25) is 9.78 Å². The summed E-state index contributed by atoms with van der Waals surface area (Å²) in [5.74, 6) is 0.324. The van der Waals surface area contributed by atoms with Gasteiger partial charge in [-0.05, 0) is 18.2 Å². The molecule has 0 aliphatic heterocycles. The summed E-state index contributed by atoms with van der Waals surface area (Å²) in [6.45, 7) is 0. The van der Waals surface area contributed by atoms with Crippen LogP contribution in [0.1, 0.15) is 0 Å². The van der Waals surface area contributed by atoms with E-state index < -0.39 is 0 Å². The summed E-state index contributed by atoms with van der Waals surface area (Å²) in [5, 5.41) is 4.35. The Morgan fingerprint density at radius 3 is 3.00 bits per heavy atom. The second-order valence-electron chi connectivity index (χ2n) is 3.51. The summed E-state index contributed by atoms with van der Waals surface area (Å²) in [6.07, 6.45) is 2.83. The highest BCUT2D eigenvalue weighted by Crippen LogP contribution is 2.12. The van der Waals surface area contributed by atoms with Crippen LogP contribution in [0.5, 0.6) is 0 Å². The number of rotatable bonds is 1. The van der Waals surface area contributed by atoms with Crippen molar-refractivity contribution in [3.8, 4) is 5.95 Å². The van der Waals surface area contributed by atoms with Gasteiger partial charge in [0.05, 0.1) is 10.9 Å². The van der Waals surface area contributed by atoms with Crippen LogP contribution >= 0.6 is 0 Å². The Labute approximate surface area is 94.9 Å². The van der Waals surface area contributed by atoms with E-state index in [4.69, 9.17) is 5.73 Å². The van der Waals surface area contributed by atoms with Crippen molar-refractivity contribution in [1.29, 1.82) is 0 Å². The van der Waals surface area contributed by atoms with Crippen LogP contribution in [0.15, 0.2) is 35.6 Å². The molecule has 0 radical (unpaired) electrons. The zero-order valence-electron chi connectivity index (χ0n) is 8.66. The predicted octanol–water partition coefficient (Wildman–Crippen LogP) is 0.0860. The quantitative estimate of drug-likeness (QED) is 0.574. The maximum atomic E-state index is 11.8. The van der Waals surface area contributed by atoms with Gasteiger partial charge < -0.3 is 5.73 Å². The van der Waals surface area contributed by atoms with Crippen molar-refractivity contribution >= 4 is 16.6 Å². The van der Waals surface area contributed by atoms with Crippen molar-refractivity contribution in [2.45, 2.75) is 0 Å². The highest BCUT2D eigenvalue weighted by molar-refractivity contribution is 5.81. The van der Waals surface area contributed by atoms with Crippen LogP contribution in [-0.2, 0) is 0 Å². The summed E-state index contributed by atoms with van der Waals surface area (Å²) in [6, 6.07) is 4.98. The number of aromatic nitrogens is 5. The van der Waals surface area contributed by atoms with Crippen molar-refractivity contribution in [2.75, 3.05) is 5.73 Å². The minimum Gasteiger partial charge on any atom is -0.399 e. The van der Waals surface area contributed by atoms with Crippen molar-refractivity contribution in [3.05, 3.63) is 41.2 Å². The number of anilines is 1. The molecule has 2 aromatic heterocycles. The normalized spacial score (nSPS) is 10.8. The van der Waals surface area contributed by atoms with Crippen LogP contribution in [0.2, 0.25) is 0 Å². The molecule has 3 aromatic rings. The highest BCUT2D eigenvalue weighted by atomic mass is 16.1. The Balaban J connectivity index is 2.32. The van der Waals surface area contributed by atoms with Crippen LogP contribution in [0, 0.1) is 0 Å². The number of benzene rings is 1. The Kier molecular flexibility index (Phi) is 1.91.